The molecule has 2 rings (SSSR count). The predicted octanol–water partition coefficient (Wildman–Crippen LogP) is 0.443. The van der Waals surface area contributed by atoms with Crippen LogP contribution in [0, 0.1) is 0 Å². The van der Waals surface area contributed by atoms with Crippen molar-refractivity contribution >= 4 is 0 Å². The van der Waals surface area contributed by atoms with Gasteiger partial charge < -0.3 is 5.32 Å². The average Bonchev–Trinajstić information content (AvgIpc) is 2.26. The van der Waals surface area contributed by atoms with E-state index in [2.05, 4.69) is 24.1 Å². The molecular formula is C8H16N2. The standard InChI is InChI=1S/C8H16N2/c1-8(2)6-9-7-3-4-10(8)5-7/h7,9H,3-6H2,1-2H3. The molecule has 10 heavy (non-hydrogen) atoms. The number of fused-ring (bicyclic) bond motifs is 2. The molecule has 0 spiro atoms. The Morgan fingerprint density at radius 2 is 2.30 bits per heavy atom. The Labute approximate surface area is 62.6 Å². The third-order valence-corrected chi connectivity index (χ3v) is 2.87. The maximum absolute atomic E-state index is 3.56. The van der Waals surface area contributed by atoms with E-state index >= 15 is 0 Å². The summed E-state index contributed by atoms with van der Waals surface area (Å²) in [6.45, 7) is 8.37. The quantitative estimate of drug-likeness (QED) is 0.525. The lowest BCUT2D eigenvalue weighted by Gasteiger charge is -2.39. The van der Waals surface area contributed by atoms with Crippen molar-refractivity contribution in [2.75, 3.05) is 19.6 Å². The van der Waals surface area contributed by atoms with Crippen LogP contribution in [0.15, 0.2) is 0 Å². The maximum atomic E-state index is 3.56. The molecule has 2 fully saturated rings. The molecule has 0 saturated carbocycles. The number of nitrogens with zero attached hydrogens (tertiary/aromatic N) is 1. The van der Waals surface area contributed by atoms with Crippen molar-refractivity contribution in [3.63, 3.8) is 0 Å². The maximum Gasteiger partial charge on any atom is 0.0278 e. The summed E-state index contributed by atoms with van der Waals surface area (Å²) in [6.07, 6.45) is 1.35. The van der Waals surface area contributed by atoms with Crippen molar-refractivity contribution in [3.8, 4) is 0 Å². The zero-order valence-electron chi connectivity index (χ0n) is 6.85. The first-order valence-electron chi connectivity index (χ1n) is 4.17. The second-order valence-corrected chi connectivity index (χ2v) is 4.12. The van der Waals surface area contributed by atoms with E-state index in [1.807, 2.05) is 0 Å². The van der Waals surface area contributed by atoms with Crippen LogP contribution in [0.2, 0.25) is 0 Å². The van der Waals surface area contributed by atoms with Crippen molar-refractivity contribution in [2.24, 2.45) is 0 Å². The largest absolute Gasteiger partial charge is 0.311 e. The van der Waals surface area contributed by atoms with Crippen LogP contribution >= 0.6 is 0 Å². The minimum Gasteiger partial charge on any atom is -0.311 e. The second-order valence-electron chi connectivity index (χ2n) is 4.12. The molecule has 1 N–H and O–H groups in total. The summed E-state index contributed by atoms with van der Waals surface area (Å²) in [5, 5.41) is 3.56. The van der Waals surface area contributed by atoms with Crippen LogP contribution in [0.5, 0.6) is 0 Å². The number of piperazine rings is 1. The third-order valence-electron chi connectivity index (χ3n) is 2.87. The van der Waals surface area contributed by atoms with Gasteiger partial charge in [-0.2, -0.15) is 0 Å². The summed E-state index contributed by atoms with van der Waals surface area (Å²) in [5.41, 5.74) is 0.410. The van der Waals surface area contributed by atoms with Gasteiger partial charge in [-0.15, -0.1) is 0 Å². The molecule has 2 unspecified atom stereocenters. The molecule has 0 aromatic carbocycles. The Bertz CT molecular complexity index is 142. The van der Waals surface area contributed by atoms with Gasteiger partial charge in [0.25, 0.3) is 0 Å². The molecule has 58 valence electrons. The highest BCUT2D eigenvalue weighted by molar-refractivity contribution is 4.97. The van der Waals surface area contributed by atoms with Gasteiger partial charge >= 0.3 is 0 Å². The highest BCUT2D eigenvalue weighted by atomic mass is 15.3. The van der Waals surface area contributed by atoms with Gasteiger partial charge in [0.15, 0.2) is 0 Å². The van der Waals surface area contributed by atoms with E-state index in [0.29, 0.717) is 5.54 Å². The molecule has 2 heteroatoms. The van der Waals surface area contributed by atoms with Crippen LogP contribution in [0.3, 0.4) is 0 Å². The van der Waals surface area contributed by atoms with E-state index in [1.165, 1.54) is 19.5 Å². The summed E-state index contributed by atoms with van der Waals surface area (Å²) in [7, 11) is 0. The average molecular weight is 140 g/mol. The van der Waals surface area contributed by atoms with Crippen molar-refractivity contribution in [1.29, 1.82) is 0 Å². The van der Waals surface area contributed by atoms with E-state index in [9.17, 15) is 0 Å². The first-order chi connectivity index (χ1) is 4.68. The van der Waals surface area contributed by atoms with Crippen LogP contribution in [0.25, 0.3) is 0 Å². The molecule has 0 radical (unpaired) electrons. The molecule has 0 aliphatic carbocycles. The van der Waals surface area contributed by atoms with Gasteiger partial charge in [0.1, 0.15) is 0 Å². The Kier molecular flexibility index (Phi) is 1.29. The van der Waals surface area contributed by atoms with E-state index in [1.54, 1.807) is 0 Å². The van der Waals surface area contributed by atoms with Crippen LogP contribution in [0.4, 0.5) is 0 Å². The fourth-order valence-electron chi connectivity index (χ4n) is 1.98. The van der Waals surface area contributed by atoms with E-state index in [-0.39, 0.29) is 0 Å². The highest BCUT2D eigenvalue weighted by Crippen LogP contribution is 2.24. The molecule has 2 nitrogen and oxygen atoms in total. The normalized spacial score (nSPS) is 43.8. The monoisotopic (exact) mass is 140 g/mol. The van der Waals surface area contributed by atoms with E-state index in [0.717, 1.165) is 12.6 Å². The molecule has 0 aromatic rings. The van der Waals surface area contributed by atoms with Gasteiger partial charge in [0.2, 0.25) is 0 Å². The zero-order chi connectivity index (χ0) is 7.19. The van der Waals surface area contributed by atoms with E-state index < -0.39 is 0 Å². The summed E-state index contributed by atoms with van der Waals surface area (Å²) in [4.78, 5) is 2.59. The molecule has 0 amide bonds. The number of nitrogens with one attached hydrogen (secondary N) is 1. The second kappa shape index (κ2) is 1.95. The molecular weight excluding hydrogens is 124 g/mol. The number of hydrogen-bond donors (Lipinski definition) is 1. The van der Waals surface area contributed by atoms with Gasteiger partial charge in [0, 0.05) is 31.2 Å². The van der Waals surface area contributed by atoms with Crippen molar-refractivity contribution in [3.05, 3.63) is 0 Å². The van der Waals surface area contributed by atoms with Gasteiger partial charge in [0.05, 0.1) is 0 Å². The lowest BCUT2D eigenvalue weighted by atomic mass is 10.0. The Balaban J connectivity index is 2.14. The topological polar surface area (TPSA) is 15.3 Å². The van der Waals surface area contributed by atoms with Gasteiger partial charge in [-0.25, -0.2) is 0 Å². The first kappa shape index (κ1) is 6.62. The molecule has 2 aliphatic rings. The SMILES string of the molecule is CC1(C)CNC2CCN1C2. The van der Waals surface area contributed by atoms with E-state index in [4.69, 9.17) is 0 Å². The molecule has 2 aliphatic heterocycles. The summed E-state index contributed by atoms with van der Waals surface area (Å²) < 4.78 is 0. The van der Waals surface area contributed by atoms with Crippen LogP contribution < -0.4 is 5.32 Å². The Morgan fingerprint density at radius 1 is 1.50 bits per heavy atom. The first-order valence-corrected chi connectivity index (χ1v) is 4.17. The summed E-state index contributed by atoms with van der Waals surface area (Å²) in [6, 6.07) is 0.799. The predicted molar refractivity (Wildman–Crippen MR) is 42.1 cm³/mol. The van der Waals surface area contributed by atoms with Gasteiger partial charge in [-0.1, -0.05) is 0 Å². The lowest BCUT2D eigenvalue weighted by molar-refractivity contribution is 0.121. The smallest absolute Gasteiger partial charge is 0.0278 e. The molecule has 0 aromatic heterocycles. The highest BCUT2D eigenvalue weighted by Gasteiger charge is 2.37. The molecule has 2 atom stereocenters. The fourth-order valence-corrected chi connectivity index (χ4v) is 1.98. The van der Waals surface area contributed by atoms with Crippen molar-refractivity contribution < 1.29 is 0 Å². The zero-order valence-corrected chi connectivity index (χ0v) is 6.85. The van der Waals surface area contributed by atoms with Crippen LogP contribution in [0.1, 0.15) is 20.3 Å². The van der Waals surface area contributed by atoms with Gasteiger partial charge in [-0.3, -0.25) is 4.90 Å². The van der Waals surface area contributed by atoms with Crippen LogP contribution in [-0.4, -0.2) is 36.1 Å². The summed E-state index contributed by atoms with van der Waals surface area (Å²) in [5.74, 6) is 0. The number of rotatable bonds is 0. The Hall–Kier alpha value is -0.0800. The summed E-state index contributed by atoms with van der Waals surface area (Å²) >= 11 is 0. The van der Waals surface area contributed by atoms with Crippen LogP contribution in [-0.2, 0) is 0 Å². The van der Waals surface area contributed by atoms with Crippen molar-refractivity contribution in [1.82, 2.24) is 10.2 Å². The Morgan fingerprint density at radius 3 is 3.00 bits per heavy atom. The van der Waals surface area contributed by atoms with Crippen molar-refractivity contribution in [2.45, 2.75) is 31.8 Å². The molecule has 2 bridgehead atoms. The fraction of sp³-hybridized carbons (Fsp3) is 1.00. The third kappa shape index (κ3) is 0.867. The molecule has 2 heterocycles. The molecule has 2 saturated heterocycles. The lowest BCUT2D eigenvalue weighted by Crippen LogP contribution is -2.56. The van der Waals surface area contributed by atoms with Gasteiger partial charge in [-0.05, 0) is 20.3 Å². The minimum absolute atomic E-state index is 0.410. The minimum atomic E-state index is 0.410. The number of hydrogen-bond acceptors (Lipinski definition) is 2.